The number of hydrogen-bond acceptors (Lipinski definition) is 3. The minimum absolute atomic E-state index is 0.915. The maximum atomic E-state index is 6.24. The van der Waals surface area contributed by atoms with Crippen molar-refractivity contribution in [2.75, 3.05) is 4.90 Å². The first kappa shape index (κ1) is 27.6. The lowest BCUT2D eigenvalue weighted by Crippen LogP contribution is -2.10. The first-order chi connectivity index (χ1) is 24.8. The van der Waals surface area contributed by atoms with E-state index < -0.39 is 0 Å². The van der Waals surface area contributed by atoms with Crippen LogP contribution in [0.25, 0.3) is 80.4 Å². The quantitative estimate of drug-likeness (QED) is 0.188. The van der Waals surface area contributed by atoms with Gasteiger partial charge in [-0.25, -0.2) is 0 Å². The molecule has 50 heavy (non-hydrogen) atoms. The summed E-state index contributed by atoms with van der Waals surface area (Å²) < 4.78 is 11.2. The highest BCUT2D eigenvalue weighted by Gasteiger charge is 2.20. The monoisotopic (exact) mass is 656 g/mol. The molecule has 0 aliphatic heterocycles. The van der Waals surface area contributed by atoms with Gasteiger partial charge in [-0.15, -0.1) is 11.3 Å². The molecular weight excluding hydrogens is 629 g/mol. The first-order valence-electron chi connectivity index (χ1n) is 16.9. The molecule has 0 radical (unpaired) electrons. The summed E-state index contributed by atoms with van der Waals surface area (Å²) >= 11 is 1.85. The SMILES string of the molecule is c1ccc(-n2c3ccccc3c3ccc(N(c4ccc5c(ccc6oc7ccccc7c65)c4)c4ccc5c(c4)sc4ccccc45)cc32)cc1. The number of thiophene rings is 1. The van der Waals surface area contributed by atoms with Crippen LogP contribution in [0.15, 0.2) is 174 Å². The van der Waals surface area contributed by atoms with Crippen molar-refractivity contribution in [1.29, 1.82) is 0 Å². The van der Waals surface area contributed by atoms with Crippen molar-refractivity contribution in [2.24, 2.45) is 0 Å². The highest BCUT2D eigenvalue weighted by Crippen LogP contribution is 2.44. The average Bonchev–Trinajstić information content (AvgIpc) is 3.84. The minimum atomic E-state index is 0.915. The normalized spacial score (nSPS) is 12.0. The molecule has 0 amide bonds. The predicted octanol–water partition coefficient (Wildman–Crippen LogP) is 13.7. The summed E-state index contributed by atoms with van der Waals surface area (Å²) in [6.07, 6.45) is 0. The Morgan fingerprint density at radius 2 is 1.06 bits per heavy atom. The molecule has 11 rings (SSSR count). The van der Waals surface area contributed by atoms with E-state index in [9.17, 15) is 0 Å². The number of para-hydroxylation sites is 3. The lowest BCUT2D eigenvalue weighted by atomic mass is 10.0. The van der Waals surface area contributed by atoms with Crippen LogP contribution >= 0.6 is 11.3 Å². The molecule has 234 valence electrons. The van der Waals surface area contributed by atoms with E-state index in [0.717, 1.165) is 44.7 Å². The van der Waals surface area contributed by atoms with Crippen LogP contribution < -0.4 is 4.90 Å². The third kappa shape index (κ3) is 4.03. The zero-order valence-electron chi connectivity index (χ0n) is 26.9. The largest absolute Gasteiger partial charge is 0.456 e. The van der Waals surface area contributed by atoms with Gasteiger partial charge in [0.25, 0.3) is 0 Å². The van der Waals surface area contributed by atoms with Gasteiger partial charge >= 0.3 is 0 Å². The molecule has 4 heteroatoms. The zero-order chi connectivity index (χ0) is 32.8. The Morgan fingerprint density at radius 3 is 1.94 bits per heavy atom. The molecule has 3 heterocycles. The van der Waals surface area contributed by atoms with Gasteiger partial charge in [-0.3, -0.25) is 0 Å². The highest BCUT2D eigenvalue weighted by molar-refractivity contribution is 7.25. The average molecular weight is 657 g/mol. The van der Waals surface area contributed by atoms with Crippen molar-refractivity contribution in [2.45, 2.75) is 0 Å². The van der Waals surface area contributed by atoms with Crippen LogP contribution in [0.5, 0.6) is 0 Å². The van der Waals surface area contributed by atoms with Gasteiger partial charge in [0.15, 0.2) is 0 Å². The molecule has 0 aliphatic carbocycles. The fourth-order valence-corrected chi connectivity index (χ4v) is 9.07. The molecule has 0 atom stereocenters. The van der Waals surface area contributed by atoms with Gasteiger partial charge in [0.1, 0.15) is 11.2 Å². The van der Waals surface area contributed by atoms with Crippen LogP contribution in [-0.2, 0) is 0 Å². The summed E-state index contributed by atoms with van der Waals surface area (Å²) in [6.45, 7) is 0. The molecular formula is C46H28N2OS. The van der Waals surface area contributed by atoms with Gasteiger partial charge in [-0.1, -0.05) is 97.1 Å². The Hall–Kier alpha value is -6.36. The van der Waals surface area contributed by atoms with Crippen LogP contribution in [0.3, 0.4) is 0 Å². The Bertz CT molecular complexity index is 3110. The van der Waals surface area contributed by atoms with E-state index in [1.165, 1.54) is 52.8 Å². The molecule has 8 aromatic carbocycles. The summed E-state index contributed by atoms with van der Waals surface area (Å²) in [7, 11) is 0. The van der Waals surface area contributed by atoms with E-state index in [2.05, 4.69) is 167 Å². The molecule has 3 aromatic heterocycles. The van der Waals surface area contributed by atoms with E-state index in [1.807, 2.05) is 23.5 Å². The maximum Gasteiger partial charge on any atom is 0.136 e. The van der Waals surface area contributed by atoms with E-state index in [1.54, 1.807) is 0 Å². The van der Waals surface area contributed by atoms with Crippen molar-refractivity contribution < 1.29 is 4.42 Å². The number of anilines is 3. The van der Waals surface area contributed by atoms with Crippen molar-refractivity contribution in [3.8, 4) is 5.69 Å². The van der Waals surface area contributed by atoms with Crippen LogP contribution in [-0.4, -0.2) is 4.57 Å². The van der Waals surface area contributed by atoms with Crippen LogP contribution in [0.1, 0.15) is 0 Å². The second-order valence-corrected chi connectivity index (χ2v) is 14.0. The standard InChI is InChI=1S/C46H28N2OS/c1-2-10-30(11-3-1)48-40-15-7-4-12-35(40)36-23-20-32(27-41(36)48)47(33-21-24-38-37-13-6-9-17-44(37)50-45(38)28-33)31-19-22-34-29(26-31)18-25-43-46(34)39-14-5-8-16-42(39)49-43/h1-28H. The lowest BCUT2D eigenvalue weighted by molar-refractivity contribution is 0.669. The molecule has 0 saturated carbocycles. The topological polar surface area (TPSA) is 21.3 Å². The maximum absolute atomic E-state index is 6.24. The number of furan rings is 1. The van der Waals surface area contributed by atoms with E-state index in [4.69, 9.17) is 4.42 Å². The van der Waals surface area contributed by atoms with Crippen LogP contribution in [0, 0.1) is 0 Å². The molecule has 0 bridgehead atoms. The van der Waals surface area contributed by atoms with Crippen molar-refractivity contribution >= 4 is 103 Å². The Kier molecular flexibility index (Phi) is 5.83. The summed E-state index contributed by atoms with van der Waals surface area (Å²) in [6, 6.07) is 61.4. The fourth-order valence-electron chi connectivity index (χ4n) is 7.93. The van der Waals surface area contributed by atoms with Gasteiger partial charge in [0.05, 0.1) is 11.0 Å². The van der Waals surface area contributed by atoms with E-state index >= 15 is 0 Å². The Balaban J connectivity index is 1.17. The number of aromatic nitrogens is 1. The van der Waals surface area contributed by atoms with E-state index in [0.29, 0.717) is 0 Å². The van der Waals surface area contributed by atoms with Crippen molar-refractivity contribution in [1.82, 2.24) is 4.57 Å². The van der Waals surface area contributed by atoms with Gasteiger partial charge in [-0.2, -0.15) is 0 Å². The molecule has 0 spiro atoms. The summed E-state index contributed by atoms with van der Waals surface area (Å²) in [5.41, 5.74) is 8.69. The third-order valence-corrected chi connectivity index (χ3v) is 11.3. The first-order valence-corrected chi connectivity index (χ1v) is 17.7. The minimum Gasteiger partial charge on any atom is -0.456 e. The molecule has 0 saturated heterocycles. The molecule has 3 nitrogen and oxygen atoms in total. The number of fused-ring (bicyclic) bond motifs is 11. The van der Waals surface area contributed by atoms with E-state index in [-0.39, 0.29) is 0 Å². The highest BCUT2D eigenvalue weighted by atomic mass is 32.1. The Labute approximate surface area is 291 Å². The third-order valence-electron chi connectivity index (χ3n) is 10.2. The summed E-state index contributed by atoms with van der Waals surface area (Å²) in [5.74, 6) is 0. The van der Waals surface area contributed by atoms with Crippen LogP contribution in [0.4, 0.5) is 17.1 Å². The smallest absolute Gasteiger partial charge is 0.136 e. The molecule has 0 unspecified atom stereocenters. The zero-order valence-corrected chi connectivity index (χ0v) is 27.7. The molecule has 0 aliphatic rings. The van der Waals surface area contributed by atoms with Crippen LogP contribution in [0.2, 0.25) is 0 Å². The summed E-state index contributed by atoms with van der Waals surface area (Å²) in [4.78, 5) is 2.41. The second kappa shape index (κ2) is 10.6. The number of hydrogen-bond donors (Lipinski definition) is 0. The molecule has 11 aromatic rings. The predicted molar refractivity (Wildman–Crippen MR) is 213 cm³/mol. The second-order valence-electron chi connectivity index (χ2n) is 12.9. The van der Waals surface area contributed by atoms with Gasteiger partial charge in [-0.05, 0) is 83.6 Å². The molecule has 0 fully saturated rings. The van der Waals surface area contributed by atoms with Gasteiger partial charge in [0.2, 0.25) is 0 Å². The van der Waals surface area contributed by atoms with Crippen molar-refractivity contribution in [3.05, 3.63) is 170 Å². The fraction of sp³-hybridized carbons (Fsp3) is 0. The summed E-state index contributed by atoms with van der Waals surface area (Å²) in [5, 5.41) is 9.76. The lowest BCUT2D eigenvalue weighted by Gasteiger charge is -2.26. The number of nitrogens with zero attached hydrogens (tertiary/aromatic N) is 2. The Morgan fingerprint density at radius 1 is 0.420 bits per heavy atom. The number of benzene rings is 8. The number of rotatable bonds is 4. The van der Waals surface area contributed by atoms with Crippen molar-refractivity contribution in [3.63, 3.8) is 0 Å². The molecule has 0 N–H and O–H groups in total. The van der Waals surface area contributed by atoms with Gasteiger partial charge in [0, 0.05) is 64.5 Å². The van der Waals surface area contributed by atoms with Gasteiger partial charge < -0.3 is 13.9 Å².